The van der Waals surface area contributed by atoms with E-state index in [9.17, 15) is 9.18 Å². The highest BCUT2D eigenvalue weighted by Crippen LogP contribution is 2.54. The van der Waals surface area contributed by atoms with Crippen LogP contribution in [0.1, 0.15) is 29.5 Å². The Morgan fingerprint density at radius 1 is 1.11 bits per heavy atom. The van der Waals surface area contributed by atoms with Gasteiger partial charge in [-0.05, 0) is 42.2 Å². The summed E-state index contributed by atoms with van der Waals surface area (Å²) in [5, 5.41) is 0. The first kappa shape index (κ1) is 16.4. The number of carbonyl (C=O) groups excluding carboxylic acids is 1. The summed E-state index contributed by atoms with van der Waals surface area (Å²) in [5.74, 6) is 1.11. The Kier molecular flexibility index (Phi) is 3.33. The van der Waals surface area contributed by atoms with Crippen molar-refractivity contribution in [2.75, 3.05) is 31.3 Å². The van der Waals surface area contributed by atoms with E-state index in [1.54, 1.807) is 11.0 Å². The smallest absolute Gasteiger partial charge is 0.245 e. The number of amides is 1. The third-order valence-electron chi connectivity index (χ3n) is 6.43. The Balaban J connectivity index is 1.51. The molecule has 6 rings (SSSR count). The van der Waals surface area contributed by atoms with Gasteiger partial charge in [0.25, 0.3) is 0 Å². The zero-order valence-electron chi connectivity index (χ0n) is 15.4. The number of anilines is 1. The molecule has 1 amide bonds. The second-order valence-corrected chi connectivity index (χ2v) is 7.96. The highest BCUT2D eigenvalue weighted by Gasteiger charge is 2.57. The molecule has 2 atom stereocenters. The number of fused-ring (bicyclic) bond motifs is 5. The maximum atomic E-state index is 14.1. The lowest BCUT2D eigenvalue weighted by Crippen LogP contribution is -2.45. The molecule has 28 heavy (non-hydrogen) atoms. The summed E-state index contributed by atoms with van der Waals surface area (Å²) >= 11 is 0. The predicted octanol–water partition coefficient (Wildman–Crippen LogP) is 2.96. The summed E-state index contributed by atoms with van der Waals surface area (Å²) in [6, 6.07) is 8.57. The van der Waals surface area contributed by atoms with Gasteiger partial charge in [0.1, 0.15) is 29.3 Å². The van der Waals surface area contributed by atoms with E-state index in [1.165, 1.54) is 12.1 Å². The molecule has 0 N–H and O–H groups in total. The highest BCUT2D eigenvalue weighted by molar-refractivity contribution is 6.11. The van der Waals surface area contributed by atoms with Crippen molar-refractivity contribution >= 4 is 11.6 Å². The Morgan fingerprint density at radius 2 is 2.04 bits per heavy atom. The fourth-order valence-corrected chi connectivity index (χ4v) is 5.04. The Morgan fingerprint density at radius 3 is 2.89 bits per heavy atom. The minimum Gasteiger partial charge on any atom is -0.493 e. The average Bonchev–Trinajstić information content (AvgIpc) is 3.46. The van der Waals surface area contributed by atoms with Gasteiger partial charge in [-0.15, -0.1) is 0 Å². The molecule has 5 nitrogen and oxygen atoms in total. The van der Waals surface area contributed by atoms with Crippen molar-refractivity contribution in [1.29, 1.82) is 0 Å². The second kappa shape index (κ2) is 5.70. The molecule has 0 bridgehead atoms. The molecule has 4 heterocycles. The van der Waals surface area contributed by atoms with E-state index in [0.717, 1.165) is 41.7 Å². The quantitative estimate of drug-likeness (QED) is 0.803. The van der Waals surface area contributed by atoms with Crippen molar-refractivity contribution in [2.45, 2.75) is 30.8 Å². The maximum absolute atomic E-state index is 14.1. The molecule has 1 spiro atoms. The average molecular weight is 381 g/mol. The fraction of sp³-hybridized carbons (Fsp3) is 0.409. The minimum absolute atomic E-state index is 0.00886. The number of halogens is 1. The van der Waals surface area contributed by atoms with Crippen LogP contribution in [-0.2, 0) is 21.4 Å². The van der Waals surface area contributed by atoms with E-state index >= 15 is 0 Å². The standard InChI is InChI=1S/C22H20FNO4/c23-14-3-4-16-18(9-14)24(11-15-2-1-6-26-15)21(25)22(16)12-28-20-10-19-13(5-7-27-19)8-17(20)22/h3-4,8-10,15H,1-2,5-7,11-12H2. The molecule has 0 saturated carbocycles. The van der Waals surface area contributed by atoms with Crippen LogP contribution in [0, 0.1) is 5.82 Å². The molecule has 0 radical (unpaired) electrons. The molecule has 144 valence electrons. The van der Waals surface area contributed by atoms with Gasteiger partial charge in [-0.2, -0.15) is 0 Å². The van der Waals surface area contributed by atoms with Crippen LogP contribution in [0.25, 0.3) is 0 Å². The van der Waals surface area contributed by atoms with Crippen LogP contribution in [0.15, 0.2) is 30.3 Å². The normalized spacial score (nSPS) is 27.0. The summed E-state index contributed by atoms with van der Waals surface area (Å²) < 4.78 is 31.5. The van der Waals surface area contributed by atoms with Crippen molar-refractivity contribution in [3.8, 4) is 11.5 Å². The number of hydrogen-bond acceptors (Lipinski definition) is 4. The van der Waals surface area contributed by atoms with Crippen molar-refractivity contribution in [3.05, 3.63) is 52.8 Å². The first-order valence-electron chi connectivity index (χ1n) is 9.83. The Hall–Kier alpha value is -2.60. The summed E-state index contributed by atoms with van der Waals surface area (Å²) in [4.78, 5) is 15.5. The lowest BCUT2D eigenvalue weighted by molar-refractivity contribution is -0.122. The van der Waals surface area contributed by atoms with Gasteiger partial charge in [-0.25, -0.2) is 4.39 Å². The summed E-state index contributed by atoms with van der Waals surface area (Å²) in [5.41, 5.74) is 2.49. The van der Waals surface area contributed by atoms with Crippen molar-refractivity contribution in [2.24, 2.45) is 0 Å². The zero-order valence-corrected chi connectivity index (χ0v) is 15.4. The van der Waals surface area contributed by atoms with Gasteiger partial charge in [0.05, 0.1) is 24.9 Å². The van der Waals surface area contributed by atoms with Gasteiger partial charge in [0.2, 0.25) is 5.91 Å². The Bertz CT molecular complexity index is 1000. The van der Waals surface area contributed by atoms with Crippen LogP contribution in [0.5, 0.6) is 11.5 Å². The summed E-state index contributed by atoms with van der Waals surface area (Å²) in [6.07, 6.45) is 2.72. The third kappa shape index (κ3) is 2.07. The van der Waals surface area contributed by atoms with Gasteiger partial charge < -0.3 is 19.1 Å². The highest BCUT2D eigenvalue weighted by atomic mass is 19.1. The second-order valence-electron chi connectivity index (χ2n) is 7.96. The monoisotopic (exact) mass is 381 g/mol. The van der Waals surface area contributed by atoms with Gasteiger partial charge in [0, 0.05) is 24.7 Å². The van der Waals surface area contributed by atoms with Crippen molar-refractivity contribution in [1.82, 2.24) is 0 Å². The molecule has 1 saturated heterocycles. The van der Waals surface area contributed by atoms with Gasteiger partial charge in [-0.1, -0.05) is 6.07 Å². The number of benzene rings is 2. The number of nitrogens with zero attached hydrogens (tertiary/aromatic N) is 1. The molecule has 6 heteroatoms. The largest absolute Gasteiger partial charge is 0.493 e. The van der Waals surface area contributed by atoms with Crippen LogP contribution in [0.3, 0.4) is 0 Å². The molecule has 1 fully saturated rings. The van der Waals surface area contributed by atoms with E-state index < -0.39 is 5.41 Å². The van der Waals surface area contributed by atoms with Crippen LogP contribution in [0.4, 0.5) is 10.1 Å². The first-order valence-corrected chi connectivity index (χ1v) is 9.83. The topological polar surface area (TPSA) is 48.0 Å². The Labute approximate surface area is 162 Å². The van der Waals surface area contributed by atoms with Crippen LogP contribution in [-0.4, -0.2) is 38.4 Å². The molecule has 2 aromatic rings. The third-order valence-corrected chi connectivity index (χ3v) is 6.43. The minimum atomic E-state index is -0.922. The van der Waals surface area contributed by atoms with Gasteiger partial charge in [-0.3, -0.25) is 4.79 Å². The SMILES string of the molecule is O=C1N(CC2CCCO2)c2cc(F)ccc2C12COc1cc3c(cc12)CCO3. The van der Waals surface area contributed by atoms with E-state index in [4.69, 9.17) is 14.2 Å². The van der Waals surface area contributed by atoms with E-state index in [0.29, 0.717) is 31.2 Å². The molecule has 0 aliphatic carbocycles. The first-order chi connectivity index (χ1) is 13.7. The van der Waals surface area contributed by atoms with Crippen LogP contribution >= 0.6 is 0 Å². The molecular formula is C22H20FNO4. The zero-order chi connectivity index (χ0) is 18.9. The number of ether oxygens (including phenoxy) is 3. The molecule has 2 aromatic carbocycles. The summed E-state index contributed by atoms with van der Waals surface area (Å²) in [6.45, 7) is 2.03. The molecule has 4 aliphatic heterocycles. The summed E-state index contributed by atoms with van der Waals surface area (Å²) in [7, 11) is 0. The van der Waals surface area contributed by atoms with E-state index in [2.05, 4.69) is 0 Å². The maximum Gasteiger partial charge on any atom is 0.245 e. The number of rotatable bonds is 2. The van der Waals surface area contributed by atoms with Gasteiger partial charge >= 0.3 is 0 Å². The van der Waals surface area contributed by atoms with Crippen LogP contribution in [0.2, 0.25) is 0 Å². The molecule has 2 unspecified atom stereocenters. The van der Waals surface area contributed by atoms with E-state index in [1.807, 2.05) is 12.1 Å². The molecule has 4 aliphatic rings. The van der Waals surface area contributed by atoms with Gasteiger partial charge in [0.15, 0.2) is 0 Å². The predicted molar refractivity (Wildman–Crippen MR) is 99.6 cm³/mol. The molecule has 0 aromatic heterocycles. The van der Waals surface area contributed by atoms with Crippen molar-refractivity contribution < 1.29 is 23.4 Å². The lowest BCUT2D eigenvalue weighted by Gasteiger charge is -2.25. The lowest BCUT2D eigenvalue weighted by atomic mass is 9.76. The van der Waals surface area contributed by atoms with Crippen LogP contribution < -0.4 is 14.4 Å². The number of carbonyl (C=O) groups is 1. The number of hydrogen-bond donors (Lipinski definition) is 0. The molecular weight excluding hydrogens is 361 g/mol. The van der Waals surface area contributed by atoms with Crippen molar-refractivity contribution in [3.63, 3.8) is 0 Å². The fourth-order valence-electron chi connectivity index (χ4n) is 5.04. The van der Waals surface area contributed by atoms with E-state index in [-0.39, 0.29) is 24.4 Å².